The molecule has 0 aliphatic carbocycles. The number of ketones is 1. The first-order valence-corrected chi connectivity index (χ1v) is 25.5. The van der Waals surface area contributed by atoms with Crippen LogP contribution in [0.4, 0.5) is 105 Å². The molecule has 0 bridgehead atoms. The van der Waals surface area contributed by atoms with Gasteiger partial charge in [-0.1, -0.05) is 126 Å². The zero-order chi connectivity index (χ0) is 63.0. The first-order valence-electron chi connectivity index (χ1n) is 23.3. The first-order chi connectivity index (χ1) is 38.3. The van der Waals surface area contributed by atoms with Gasteiger partial charge in [-0.2, -0.15) is 127 Å². The van der Waals surface area contributed by atoms with Crippen molar-refractivity contribution in [1.82, 2.24) is 0 Å². The topological polar surface area (TPSA) is 34.1 Å². The van der Waals surface area contributed by atoms with Crippen LogP contribution >= 0.6 is 0 Å². The predicted molar refractivity (Wildman–Crippen MR) is 262 cm³/mol. The Balaban J connectivity index is 0.000000347. The van der Waals surface area contributed by atoms with E-state index >= 15 is 0 Å². The second-order valence-electron chi connectivity index (χ2n) is 18.7. The van der Waals surface area contributed by atoms with Crippen LogP contribution in [-0.2, 0) is 70.0 Å². The van der Waals surface area contributed by atoms with E-state index < -0.39 is 205 Å². The fraction of sp³-hybridized carbons (Fsp3) is 0.196. The summed E-state index contributed by atoms with van der Waals surface area (Å²) in [5.74, 6) is 2.69. The highest BCUT2D eigenvalue weighted by Gasteiger charge is 2.47. The summed E-state index contributed by atoms with van der Waals surface area (Å²) in [6.07, 6.45) is -52.4. The van der Waals surface area contributed by atoms with Gasteiger partial charge < -0.3 is 0 Å². The third-order valence-electron chi connectivity index (χ3n) is 12.6. The Morgan fingerprint density at radius 3 is 0.881 bits per heavy atom. The maximum Gasteiger partial charge on any atom is 0.416 e. The molecule has 0 radical (unpaired) electrons. The van der Waals surface area contributed by atoms with Crippen molar-refractivity contribution >= 4 is 43.7 Å². The zero-order valence-electron chi connectivity index (χ0n) is 41.8. The molecule has 0 N–H and O–H groups in total. The monoisotopic (exact) mass is 1240 g/mol. The molecule has 2 nitrogen and oxygen atoms in total. The number of hydrogen-bond donors (Lipinski definition) is 0. The van der Waals surface area contributed by atoms with Crippen molar-refractivity contribution in [3.05, 3.63) is 224 Å². The van der Waals surface area contributed by atoms with Crippen LogP contribution in [0.5, 0.6) is 0 Å². The minimum Gasteiger partial charge on any atom is -0.289 e. The average Bonchev–Trinajstić information content (AvgIpc) is 0.738. The summed E-state index contributed by atoms with van der Waals surface area (Å²) in [7, 11) is -2.55. The molecular weight excluding hydrogens is 1200 g/mol. The van der Waals surface area contributed by atoms with Crippen LogP contribution < -0.4 is 21.9 Å². The summed E-state index contributed by atoms with van der Waals surface area (Å²) in [5, 5.41) is 2.78. The Kier molecular flexibility index (Phi) is 18.2. The van der Waals surface area contributed by atoms with Gasteiger partial charge >= 0.3 is 49.4 Å². The lowest BCUT2D eigenvalue weighted by Gasteiger charge is -2.46. The van der Waals surface area contributed by atoms with Crippen molar-refractivity contribution < 1.29 is 114 Å². The lowest BCUT2D eigenvalue weighted by Crippen LogP contribution is -2.75. The highest BCUT2D eigenvalue weighted by Crippen LogP contribution is 2.41. The highest BCUT2D eigenvalue weighted by atomic mass is 32.2. The maximum atomic E-state index is 14.2. The molecule has 0 aliphatic heterocycles. The van der Waals surface area contributed by atoms with E-state index in [9.17, 15) is 114 Å². The molecule has 28 heteroatoms. The van der Waals surface area contributed by atoms with Crippen molar-refractivity contribution in [2.75, 3.05) is 12.0 Å². The Labute approximate surface area is 460 Å². The van der Waals surface area contributed by atoms with Gasteiger partial charge in [-0.3, -0.25) is 4.79 Å². The summed E-state index contributed by atoms with van der Waals surface area (Å²) in [6, 6.07) is 18.3. The number of benzene rings is 7. The lowest BCUT2D eigenvalue weighted by molar-refractivity contribution is -0.144. The van der Waals surface area contributed by atoms with Crippen LogP contribution in [0.3, 0.4) is 0 Å². The smallest absolute Gasteiger partial charge is 0.289 e. The lowest BCUT2D eigenvalue weighted by atomic mass is 9.12. The predicted octanol–water partition coefficient (Wildman–Crippen LogP) is 15.8. The van der Waals surface area contributed by atoms with E-state index in [1.54, 1.807) is 18.4 Å². The number of alkyl halides is 24. The molecule has 0 saturated heterocycles. The van der Waals surface area contributed by atoms with Gasteiger partial charge in [0.05, 0.1) is 44.5 Å². The minimum absolute atomic E-state index is 0.0646. The third kappa shape index (κ3) is 16.1. The fourth-order valence-electron chi connectivity index (χ4n) is 8.77. The highest BCUT2D eigenvalue weighted by molar-refractivity contribution is 8.07. The Hall–Kier alpha value is -7.70. The van der Waals surface area contributed by atoms with Gasteiger partial charge in [0.15, 0.2) is 20.9 Å². The molecule has 84 heavy (non-hydrogen) atoms. The molecule has 446 valence electrons. The molecule has 0 aliphatic rings. The Morgan fingerprint density at radius 2 is 0.619 bits per heavy atom. The second kappa shape index (κ2) is 23.4. The van der Waals surface area contributed by atoms with Crippen molar-refractivity contribution in [2.24, 2.45) is 0 Å². The van der Waals surface area contributed by atoms with E-state index in [1.807, 2.05) is 60.7 Å². The van der Waals surface area contributed by atoms with Crippen molar-refractivity contribution in [1.29, 1.82) is 0 Å². The van der Waals surface area contributed by atoms with Crippen molar-refractivity contribution in [2.45, 2.75) is 55.8 Å². The molecular formula is C56H33BF24O2S. The van der Waals surface area contributed by atoms with Gasteiger partial charge in [0.1, 0.15) is 12.4 Å². The van der Waals surface area contributed by atoms with Crippen LogP contribution in [-0.4, -0.2) is 23.9 Å². The summed E-state index contributed by atoms with van der Waals surface area (Å²) in [6.45, 7) is 0. The van der Waals surface area contributed by atoms with E-state index in [0.29, 0.717) is 5.56 Å². The molecule has 0 fully saturated rings. The normalized spacial score (nSPS) is 13.7. The average molecular weight is 1240 g/mol. The van der Waals surface area contributed by atoms with Crippen LogP contribution in [0.1, 0.15) is 71.6 Å². The molecule has 7 aromatic rings. The molecule has 0 amide bonds. The number of Topliss-reactive ketones (excluding diaryl/α,β-unsaturated/α-hetero) is 1. The molecule has 1 unspecified atom stereocenters. The van der Waals surface area contributed by atoms with E-state index in [-0.39, 0.29) is 11.5 Å². The minimum atomic E-state index is -6.13. The van der Waals surface area contributed by atoms with E-state index in [0.717, 1.165) is 17.5 Å². The van der Waals surface area contributed by atoms with Gasteiger partial charge in [0.25, 0.3) is 0 Å². The van der Waals surface area contributed by atoms with Gasteiger partial charge in [-0.05, 0) is 59.9 Å². The van der Waals surface area contributed by atoms with Crippen LogP contribution in [0.2, 0.25) is 0 Å². The molecule has 0 heterocycles. The molecule has 0 spiro atoms. The van der Waals surface area contributed by atoms with Crippen LogP contribution in [0.15, 0.2) is 158 Å². The molecule has 0 aromatic heterocycles. The van der Waals surface area contributed by atoms with Gasteiger partial charge in [0.2, 0.25) is 5.78 Å². The number of carbonyl (C=O) groups is 1. The van der Waals surface area contributed by atoms with Crippen molar-refractivity contribution in [3.8, 4) is 11.2 Å². The molecule has 7 rings (SSSR count). The van der Waals surface area contributed by atoms with Crippen LogP contribution in [0, 0.1) is 11.2 Å². The Morgan fingerprint density at radius 1 is 0.369 bits per heavy atom. The second-order valence-corrected chi connectivity index (χ2v) is 21.3. The quantitative estimate of drug-likeness (QED) is 0.0475. The molecule has 0 saturated carbocycles. The number of hydrogen-bond acceptors (Lipinski definition) is 2. The summed E-state index contributed by atoms with van der Waals surface area (Å²) >= 11 is 0. The van der Waals surface area contributed by atoms with Gasteiger partial charge in [-0.25, -0.2) is 0 Å². The summed E-state index contributed by atoms with van der Waals surface area (Å²) in [4.78, 5) is 12.5. The zero-order valence-corrected chi connectivity index (χ0v) is 42.6. The SMILES string of the molecule is C[S+](=O)(C#Cc1ccccc1)CC(=O)c1ccc(Cc2ccccc2)cc1.FC(F)(F)c1cc([B-](c2cc(C(F)(F)F)cc(C(F)(F)F)c2)(c2cc(C(F)(F)F)cc(C(F)(F)F)c2)c2cc(C(F)(F)F)cc(C(F)(F)F)c2)cc(C(F)(F)F)c1. The van der Waals surface area contributed by atoms with Gasteiger partial charge in [0, 0.05) is 11.1 Å². The number of rotatable bonds is 9. The third-order valence-corrected chi connectivity index (χ3v) is 13.9. The summed E-state index contributed by atoms with van der Waals surface area (Å²) < 4.78 is 353. The summed E-state index contributed by atoms with van der Waals surface area (Å²) in [5.41, 5.74) is -26.5. The first kappa shape index (κ1) is 65.5. The molecule has 7 aromatic carbocycles. The standard InChI is InChI=1S/C32H12BF24.C24H21O2S/c34-25(35,36)13-1-14(26(37,38)39)6-21(5-13)33(22-7-15(27(40,41)42)2-16(8-22)28(43,44)45,23-9-17(29(46,47)48)3-18(10-23)30(49,50)51)24-11-19(31(52,53)54)4-20(12-24)32(55,56)57;1-27(26,17-16-20-8-4-2-5-9-20)19-24(25)23-14-12-22(13-15-23)18-21-10-6-3-7-11-21/h1-12H;2-15H,18-19H2,1H3/q-1;+1. The van der Waals surface area contributed by atoms with E-state index in [2.05, 4.69) is 23.3 Å². The van der Waals surface area contributed by atoms with E-state index in [1.165, 1.54) is 5.56 Å². The van der Waals surface area contributed by atoms with Crippen molar-refractivity contribution in [3.63, 3.8) is 0 Å². The number of halogens is 24. The van der Waals surface area contributed by atoms with E-state index in [4.69, 9.17) is 0 Å². The molecule has 1 atom stereocenters. The maximum absolute atomic E-state index is 14.2. The van der Waals surface area contributed by atoms with Crippen LogP contribution in [0.25, 0.3) is 0 Å². The fourth-order valence-corrected chi connectivity index (χ4v) is 9.84. The van der Waals surface area contributed by atoms with Gasteiger partial charge in [-0.15, -0.1) is 0 Å². The number of carbonyl (C=O) groups excluding carboxylic acids is 1. The largest absolute Gasteiger partial charge is 0.416 e. The Bertz CT molecular complexity index is 3180.